The zero-order valence-corrected chi connectivity index (χ0v) is 12.9. The normalized spacial score (nSPS) is 18.2. The van der Waals surface area contributed by atoms with Crippen LogP contribution in [0.3, 0.4) is 0 Å². The third-order valence-corrected chi connectivity index (χ3v) is 4.90. The van der Waals surface area contributed by atoms with E-state index in [-0.39, 0.29) is 11.3 Å². The number of nitrogens with zero attached hydrogens (tertiary/aromatic N) is 1. The van der Waals surface area contributed by atoms with E-state index in [1.807, 2.05) is 30.0 Å². The second-order valence-corrected chi connectivity index (χ2v) is 6.68. The van der Waals surface area contributed by atoms with Gasteiger partial charge in [0.25, 0.3) is 5.91 Å². The van der Waals surface area contributed by atoms with Crippen molar-refractivity contribution in [1.29, 1.82) is 0 Å². The molecule has 0 aromatic heterocycles. The fourth-order valence-electron chi connectivity index (χ4n) is 2.36. The Morgan fingerprint density at radius 3 is 2.74 bits per heavy atom. The molecule has 1 atom stereocenters. The van der Waals surface area contributed by atoms with Crippen molar-refractivity contribution in [3.05, 3.63) is 35.4 Å². The third-order valence-electron chi connectivity index (χ3n) is 3.43. The maximum atomic E-state index is 12.5. The number of carbonyl (C=O) groups is 1. The van der Waals surface area contributed by atoms with E-state index in [9.17, 15) is 4.79 Å². The minimum Gasteiger partial charge on any atom is -0.322 e. The molecule has 3 heteroatoms. The Morgan fingerprint density at radius 2 is 2.05 bits per heavy atom. The highest BCUT2D eigenvalue weighted by Gasteiger charge is 2.35. The van der Waals surface area contributed by atoms with Gasteiger partial charge in [-0.2, -0.15) is 0 Å². The van der Waals surface area contributed by atoms with Crippen LogP contribution >= 0.6 is 11.8 Å². The molecule has 19 heavy (non-hydrogen) atoms. The summed E-state index contributed by atoms with van der Waals surface area (Å²) in [6, 6.07) is 8.07. The van der Waals surface area contributed by atoms with Crippen molar-refractivity contribution in [2.24, 2.45) is 5.92 Å². The van der Waals surface area contributed by atoms with Crippen LogP contribution in [-0.4, -0.2) is 23.1 Å². The van der Waals surface area contributed by atoms with Gasteiger partial charge in [0.2, 0.25) is 0 Å². The number of hydrogen-bond donors (Lipinski definition) is 0. The average molecular weight is 277 g/mol. The Morgan fingerprint density at radius 1 is 1.32 bits per heavy atom. The monoisotopic (exact) mass is 277 g/mol. The summed E-state index contributed by atoms with van der Waals surface area (Å²) < 4.78 is 0. The van der Waals surface area contributed by atoms with Crippen LogP contribution < -0.4 is 0 Å². The van der Waals surface area contributed by atoms with Crippen molar-refractivity contribution in [1.82, 2.24) is 4.90 Å². The molecule has 2 rings (SSSR count). The average Bonchev–Trinajstić information content (AvgIpc) is 2.67. The zero-order chi connectivity index (χ0) is 13.8. The summed E-state index contributed by atoms with van der Waals surface area (Å²) in [5.74, 6) is 1.95. The molecule has 1 amide bonds. The lowest BCUT2D eigenvalue weighted by molar-refractivity contribution is 0.0766. The molecule has 0 spiro atoms. The maximum absolute atomic E-state index is 12.5. The molecule has 0 unspecified atom stereocenters. The topological polar surface area (TPSA) is 20.3 Å². The molecule has 2 nitrogen and oxygen atoms in total. The number of thioether (sulfide) groups is 1. The summed E-state index contributed by atoms with van der Waals surface area (Å²) in [5, 5.41) is 0.224. The van der Waals surface area contributed by atoms with Crippen molar-refractivity contribution in [3.8, 4) is 0 Å². The molecule has 0 N–H and O–H groups in total. The Kier molecular flexibility index (Phi) is 4.92. The molecular formula is C16H23NOS. The molecular weight excluding hydrogens is 254 g/mol. The van der Waals surface area contributed by atoms with Gasteiger partial charge in [0.1, 0.15) is 5.37 Å². The Bertz CT molecular complexity index is 444. The van der Waals surface area contributed by atoms with Gasteiger partial charge in [-0.3, -0.25) is 4.79 Å². The number of rotatable bonds is 6. The van der Waals surface area contributed by atoms with E-state index in [4.69, 9.17) is 0 Å². The van der Waals surface area contributed by atoms with Gasteiger partial charge in [-0.1, -0.05) is 39.0 Å². The van der Waals surface area contributed by atoms with E-state index >= 15 is 0 Å². The summed E-state index contributed by atoms with van der Waals surface area (Å²) in [5.41, 5.74) is 2.11. The van der Waals surface area contributed by atoms with Crippen LogP contribution in [0.5, 0.6) is 0 Å². The summed E-state index contributed by atoms with van der Waals surface area (Å²) in [7, 11) is 0. The second-order valence-electron chi connectivity index (χ2n) is 5.49. The zero-order valence-electron chi connectivity index (χ0n) is 12.1. The van der Waals surface area contributed by atoms with Crippen molar-refractivity contribution < 1.29 is 4.79 Å². The Balaban J connectivity index is 2.19. The Hall–Kier alpha value is -0.960. The van der Waals surface area contributed by atoms with Gasteiger partial charge in [-0.25, -0.2) is 0 Å². The van der Waals surface area contributed by atoms with E-state index < -0.39 is 0 Å². The van der Waals surface area contributed by atoms with Crippen LogP contribution in [0, 0.1) is 5.92 Å². The van der Waals surface area contributed by atoms with Gasteiger partial charge in [0.15, 0.2) is 0 Å². The number of amides is 1. The molecule has 0 saturated carbocycles. The number of benzene rings is 1. The Labute approximate surface area is 120 Å². The van der Waals surface area contributed by atoms with Crippen LogP contribution in [0.15, 0.2) is 24.3 Å². The minimum atomic E-state index is 0.213. The fourth-order valence-corrected chi connectivity index (χ4v) is 3.59. The predicted molar refractivity (Wildman–Crippen MR) is 82.4 cm³/mol. The van der Waals surface area contributed by atoms with E-state index in [0.717, 1.165) is 30.7 Å². The van der Waals surface area contributed by atoms with Gasteiger partial charge in [0, 0.05) is 12.1 Å². The first-order valence-electron chi connectivity index (χ1n) is 7.16. The number of fused-ring (bicyclic) bond motifs is 1. The van der Waals surface area contributed by atoms with Gasteiger partial charge >= 0.3 is 0 Å². The number of carbonyl (C=O) groups excluding carboxylic acids is 1. The molecule has 0 radical (unpaired) electrons. The van der Waals surface area contributed by atoms with Crippen LogP contribution in [-0.2, 0) is 0 Å². The molecule has 0 aliphatic carbocycles. The van der Waals surface area contributed by atoms with Crippen LogP contribution in [0.2, 0.25) is 0 Å². The molecule has 1 heterocycles. The lowest BCUT2D eigenvalue weighted by atomic mass is 10.1. The van der Waals surface area contributed by atoms with E-state index in [0.29, 0.717) is 5.92 Å². The van der Waals surface area contributed by atoms with Crippen LogP contribution in [0.1, 0.15) is 54.9 Å². The largest absolute Gasteiger partial charge is 0.322 e. The minimum absolute atomic E-state index is 0.213. The van der Waals surface area contributed by atoms with Gasteiger partial charge in [0.05, 0.1) is 0 Å². The van der Waals surface area contributed by atoms with Gasteiger partial charge in [-0.05, 0) is 36.1 Å². The summed E-state index contributed by atoms with van der Waals surface area (Å²) in [6.07, 6.45) is 2.22. The smallest absolute Gasteiger partial charge is 0.255 e. The molecule has 1 aliphatic heterocycles. The molecule has 1 aliphatic rings. The molecule has 0 bridgehead atoms. The van der Waals surface area contributed by atoms with E-state index in [1.165, 1.54) is 5.56 Å². The molecule has 1 aromatic carbocycles. The quantitative estimate of drug-likeness (QED) is 0.771. The highest BCUT2D eigenvalue weighted by Crippen LogP contribution is 2.41. The third kappa shape index (κ3) is 3.14. The highest BCUT2D eigenvalue weighted by atomic mass is 32.2. The van der Waals surface area contributed by atoms with Crippen molar-refractivity contribution in [2.75, 3.05) is 12.3 Å². The second kappa shape index (κ2) is 6.47. The SMILES string of the molecule is CCCS[C@@H]1c2ccccc2C(=O)N1CCC(C)C. The first-order chi connectivity index (χ1) is 9.15. The predicted octanol–water partition coefficient (Wildman–Crippen LogP) is 4.33. The van der Waals surface area contributed by atoms with Crippen LogP contribution in [0.25, 0.3) is 0 Å². The summed E-state index contributed by atoms with van der Waals surface area (Å²) >= 11 is 1.90. The molecule has 1 aromatic rings. The lowest BCUT2D eigenvalue weighted by Crippen LogP contribution is -2.28. The summed E-state index contributed by atoms with van der Waals surface area (Å²) in [6.45, 7) is 7.48. The fraction of sp³-hybridized carbons (Fsp3) is 0.562. The van der Waals surface area contributed by atoms with Crippen molar-refractivity contribution in [2.45, 2.75) is 39.0 Å². The molecule has 104 valence electrons. The lowest BCUT2D eigenvalue weighted by Gasteiger charge is -2.25. The van der Waals surface area contributed by atoms with Crippen molar-refractivity contribution in [3.63, 3.8) is 0 Å². The van der Waals surface area contributed by atoms with Crippen LogP contribution in [0.4, 0.5) is 0 Å². The van der Waals surface area contributed by atoms with E-state index in [2.05, 4.69) is 31.7 Å². The standard InChI is InChI=1S/C16H23NOS/c1-4-11-19-16-14-8-6-5-7-13(14)15(18)17(16)10-9-12(2)3/h5-8,12,16H,4,9-11H2,1-3H3/t16-/m1/s1. The number of hydrogen-bond acceptors (Lipinski definition) is 2. The van der Waals surface area contributed by atoms with Crippen molar-refractivity contribution >= 4 is 17.7 Å². The highest BCUT2D eigenvalue weighted by molar-refractivity contribution is 7.99. The van der Waals surface area contributed by atoms with E-state index in [1.54, 1.807) is 0 Å². The van der Waals surface area contributed by atoms with Gasteiger partial charge < -0.3 is 4.90 Å². The van der Waals surface area contributed by atoms with Gasteiger partial charge in [-0.15, -0.1) is 11.8 Å². The first-order valence-corrected chi connectivity index (χ1v) is 8.21. The first kappa shape index (κ1) is 14.4. The molecule has 0 saturated heterocycles. The molecule has 0 fully saturated rings. The maximum Gasteiger partial charge on any atom is 0.255 e. The summed E-state index contributed by atoms with van der Waals surface area (Å²) in [4.78, 5) is 14.6.